The van der Waals surface area contributed by atoms with Crippen molar-refractivity contribution in [3.63, 3.8) is 0 Å². The topological polar surface area (TPSA) is 240 Å². The van der Waals surface area contributed by atoms with Crippen LogP contribution < -0.4 is 16.8 Å². The predicted octanol–water partition coefficient (Wildman–Crippen LogP) is -3.69. The van der Waals surface area contributed by atoms with Gasteiger partial charge in [-0.1, -0.05) is 24.4 Å². The Morgan fingerprint density at radius 1 is 1.00 bits per heavy atom. The summed E-state index contributed by atoms with van der Waals surface area (Å²) in [5.74, 6) is 0. The van der Waals surface area contributed by atoms with Gasteiger partial charge in [0.25, 0.3) is 0 Å². The maximum Gasteiger partial charge on any atom is 0.394 e. The fraction of sp³-hybridized carbons (Fsp3) is 0.778. The molecule has 18 heteroatoms. The maximum absolute atomic E-state index is 9.21. The molecular formula is C9H25FeN3O9S5. The minimum absolute atomic E-state index is 0. The molecule has 0 amide bonds. The molecule has 0 aromatic rings. The Bertz CT molecular complexity index is 446. The van der Waals surface area contributed by atoms with Gasteiger partial charge in [-0.15, -0.1) is 25.3 Å². The molecule has 0 aliphatic carbocycles. The normalized spacial score (nSPS) is 14.0. The molecule has 0 aliphatic heterocycles. The molecule has 0 fully saturated rings. The average molecular weight is 535 g/mol. The van der Waals surface area contributed by atoms with Crippen LogP contribution in [0.15, 0.2) is 0 Å². The van der Waals surface area contributed by atoms with Crippen molar-refractivity contribution in [3.05, 3.63) is 0 Å². The molecule has 0 aromatic heterocycles. The Labute approximate surface area is 189 Å². The first-order valence-corrected chi connectivity index (χ1v) is 9.26. The SMILES string of the molecule is CNC[C@H](O)[C@@H](O)[C@H](O)[C@H](O)CO.NC(=S)S.NC(=S)S.O=S(=O)(O)O.[Fe]. The number of rotatable bonds is 6. The van der Waals surface area contributed by atoms with E-state index in [1.165, 1.54) is 0 Å². The minimum Gasteiger partial charge on any atom is -0.394 e. The summed E-state index contributed by atoms with van der Waals surface area (Å²) in [5, 5.41) is 47.5. The van der Waals surface area contributed by atoms with E-state index in [1.54, 1.807) is 7.05 Å². The molecule has 0 spiro atoms. The third-order valence-electron chi connectivity index (χ3n) is 1.74. The van der Waals surface area contributed by atoms with Crippen LogP contribution in [0.4, 0.5) is 0 Å². The zero-order valence-corrected chi connectivity index (χ0v) is 19.1. The van der Waals surface area contributed by atoms with Crippen molar-refractivity contribution in [1.29, 1.82) is 0 Å². The van der Waals surface area contributed by atoms with E-state index in [0.717, 1.165) is 0 Å². The van der Waals surface area contributed by atoms with Crippen LogP contribution in [0.25, 0.3) is 0 Å². The first-order chi connectivity index (χ1) is 11.5. The molecule has 0 saturated heterocycles. The van der Waals surface area contributed by atoms with Crippen molar-refractivity contribution in [2.75, 3.05) is 20.2 Å². The predicted molar refractivity (Wildman–Crippen MR) is 111 cm³/mol. The summed E-state index contributed by atoms with van der Waals surface area (Å²) in [6.45, 7) is -0.569. The zero-order valence-electron chi connectivity index (χ0n) is 13.8. The second kappa shape index (κ2) is 22.9. The molecule has 168 valence electrons. The van der Waals surface area contributed by atoms with Crippen LogP contribution in [0.5, 0.6) is 0 Å². The first kappa shape index (κ1) is 38.3. The van der Waals surface area contributed by atoms with Gasteiger partial charge in [-0.2, -0.15) is 8.42 Å². The van der Waals surface area contributed by atoms with Crippen molar-refractivity contribution in [2.24, 2.45) is 11.5 Å². The third-order valence-corrected chi connectivity index (χ3v) is 1.74. The van der Waals surface area contributed by atoms with E-state index in [2.05, 4.69) is 55.0 Å². The molecule has 0 rings (SSSR count). The van der Waals surface area contributed by atoms with Crippen LogP contribution in [0.1, 0.15) is 0 Å². The second-order valence-corrected chi connectivity index (χ2v) is 7.32. The molecule has 12 nitrogen and oxygen atoms in total. The van der Waals surface area contributed by atoms with Crippen LogP contribution in [0, 0.1) is 0 Å². The van der Waals surface area contributed by atoms with Gasteiger partial charge in [0.05, 0.1) is 12.7 Å². The molecule has 0 heterocycles. The summed E-state index contributed by atoms with van der Waals surface area (Å²) >= 11 is 15.3. The number of nitrogens with one attached hydrogen (secondary N) is 1. The standard InChI is InChI=1S/C7H17NO5.2CH3NS2.Fe.H2O4S/c1-8-2-4(10)6(12)7(13)5(11)3-9;2*2-1(3)4;;1-5(2,3)4/h4-13H,2-3H2,1H3;2*(H3,2,3,4);;(H2,1,2,3,4)/t4-,5+,6+,7+;;;;/m0..../s1. The van der Waals surface area contributed by atoms with Gasteiger partial charge in [0.1, 0.15) is 27.0 Å². The number of hydrogen-bond donors (Lipinski definition) is 12. The van der Waals surface area contributed by atoms with Crippen molar-refractivity contribution in [3.8, 4) is 0 Å². The summed E-state index contributed by atoms with van der Waals surface area (Å²) in [5.41, 5.74) is 9.41. The van der Waals surface area contributed by atoms with Crippen LogP contribution in [0.3, 0.4) is 0 Å². The number of thiocarbonyl (C=S) groups is 2. The van der Waals surface area contributed by atoms with Crippen molar-refractivity contribution >= 4 is 68.7 Å². The van der Waals surface area contributed by atoms with Gasteiger partial charge in [0.2, 0.25) is 0 Å². The van der Waals surface area contributed by atoms with E-state index in [9.17, 15) is 5.11 Å². The number of thiol groups is 2. The molecule has 0 unspecified atom stereocenters. The van der Waals surface area contributed by atoms with Gasteiger partial charge < -0.3 is 42.3 Å². The van der Waals surface area contributed by atoms with E-state index >= 15 is 0 Å². The molecular weight excluding hydrogens is 510 g/mol. The Morgan fingerprint density at radius 2 is 1.22 bits per heavy atom. The third kappa shape index (κ3) is 52.0. The number of aliphatic hydroxyl groups is 5. The zero-order chi connectivity index (χ0) is 22.1. The van der Waals surface area contributed by atoms with E-state index in [1.807, 2.05) is 0 Å². The first-order valence-electron chi connectivity index (χ1n) is 6.15. The van der Waals surface area contributed by atoms with Gasteiger partial charge in [0.15, 0.2) is 0 Å². The van der Waals surface area contributed by atoms with Crippen molar-refractivity contribution < 1.29 is 60.1 Å². The van der Waals surface area contributed by atoms with Crippen LogP contribution in [0.2, 0.25) is 0 Å². The van der Waals surface area contributed by atoms with E-state index in [-0.39, 0.29) is 32.3 Å². The number of likely N-dealkylation sites (N-methyl/N-ethyl adjacent to an activating group) is 1. The minimum atomic E-state index is -4.67. The van der Waals surface area contributed by atoms with Gasteiger partial charge in [-0.05, 0) is 7.05 Å². The van der Waals surface area contributed by atoms with E-state index in [0.29, 0.717) is 0 Å². The molecule has 4 atom stereocenters. The van der Waals surface area contributed by atoms with Crippen molar-refractivity contribution in [1.82, 2.24) is 5.32 Å². The molecule has 0 aromatic carbocycles. The van der Waals surface area contributed by atoms with Crippen LogP contribution in [-0.4, -0.2) is 96.3 Å². The molecule has 0 bridgehead atoms. The number of nitrogens with two attached hydrogens (primary N) is 2. The number of aliphatic hydroxyl groups excluding tert-OH is 5. The van der Waals surface area contributed by atoms with Crippen LogP contribution in [-0.2, 0) is 27.5 Å². The molecule has 27 heavy (non-hydrogen) atoms. The van der Waals surface area contributed by atoms with Gasteiger partial charge in [-0.25, -0.2) is 0 Å². The van der Waals surface area contributed by atoms with E-state index < -0.39 is 41.4 Å². The maximum atomic E-state index is 9.21. The molecule has 12 N–H and O–H groups in total. The fourth-order valence-electron chi connectivity index (χ4n) is 0.893. The van der Waals surface area contributed by atoms with Crippen LogP contribution >= 0.6 is 49.7 Å². The molecule has 0 radical (unpaired) electrons. The Balaban J connectivity index is -0.0000000953. The van der Waals surface area contributed by atoms with E-state index in [4.69, 9.17) is 49.4 Å². The average Bonchev–Trinajstić information content (AvgIpc) is 2.42. The quantitative estimate of drug-likeness (QED) is 0.0679. The summed E-state index contributed by atoms with van der Waals surface area (Å²) in [6.07, 6.45) is -5.65. The summed E-state index contributed by atoms with van der Waals surface area (Å²) in [6, 6.07) is 0. The monoisotopic (exact) mass is 535 g/mol. The van der Waals surface area contributed by atoms with Gasteiger partial charge >= 0.3 is 10.4 Å². The molecule has 0 saturated carbocycles. The Kier molecular flexibility index (Phi) is 32.5. The largest absolute Gasteiger partial charge is 0.394 e. The Morgan fingerprint density at radius 3 is 1.41 bits per heavy atom. The summed E-state index contributed by atoms with van der Waals surface area (Å²) < 4.78 is 32.0. The smallest absolute Gasteiger partial charge is 0.394 e. The number of hydrogen-bond acceptors (Lipinski definition) is 10. The second-order valence-electron chi connectivity index (χ2n) is 3.98. The van der Waals surface area contributed by atoms with Crippen molar-refractivity contribution in [2.45, 2.75) is 24.4 Å². The van der Waals surface area contributed by atoms with Gasteiger partial charge in [0, 0.05) is 23.6 Å². The Hall–Kier alpha value is 0.629. The summed E-state index contributed by atoms with van der Waals surface area (Å²) in [7, 11) is -3.09. The van der Waals surface area contributed by atoms with Gasteiger partial charge in [-0.3, -0.25) is 9.11 Å². The fourth-order valence-corrected chi connectivity index (χ4v) is 0.893. The summed E-state index contributed by atoms with van der Waals surface area (Å²) in [4.78, 5) is 0. The molecule has 0 aliphatic rings.